The van der Waals surface area contributed by atoms with Gasteiger partial charge in [0.05, 0.1) is 0 Å². The highest BCUT2D eigenvalue weighted by Crippen LogP contribution is 2.11. The number of amides is 4. The molecule has 0 saturated carbocycles. The number of carbonyl (C=O) groups is 4. The van der Waals surface area contributed by atoms with E-state index in [1.807, 2.05) is 13.8 Å². The van der Waals surface area contributed by atoms with Gasteiger partial charge in [-0.2, -0.15) is 0 Å². The van der Waals surface area contributed by atoms with Gasteiger partial charge in [-0.3, -0.25) is 29.4 Å². The molecule has 0 aliphatic carbocycles. The van der Waals surface area contributed by atoms with Crippen LogP contribution in [0.4, 0.5) is 4.79 Å². The average molecular weight is 521 g/mol. The molecule has 0 spiro atoms. The van der Waals surface area contributed by atoms with E-state index in [-0.39, 0.29) is 31.3 Å². The van der Waals surface area contributed by atoms with Crippen LogP contribution in [0, 0.1) is 16.0 Å². The molecule has 0 fully saturated rings. The van der Waals surface area contributed by atoms with Crippen LogP contribution in [-0.4, -0.2) is 58.9 Å². The highest BCUT2D eigenvalue weighted by molar-refractivity contribution is 5.96. The molecule has 11 heteroatoms. The van der Waals surface area contributed by atoms with Gasteiger partial charge in [0, 0.05) is 36.5 Å². The topological polar surface area (TPSA) is 148 Å². The van der Waals surface area contributed by atoms with Crippen molar-refractivity contribution in [1.29, 1.82) is 0 Å². The lowest BCUT2D eigenvalue weighted by Gasteiger charge is -2.20. The van der Waals surface area contributed by atoms with Crippen LogP contribution in [0.25, 0.3) is 0 Å². The normalized spacial score (nSPS) is 11.8. The predicted molar refractivity (Wildman–Crippen MR) is 138 cm³/mol. The monoisotopic (exact) mass is 520 g/mol. The number of ether oxygens (including phenoxy) is 1. The molecule has 0 saturated heterocycles. The maximum absolute atomic E-state index is 12.6. The van der Waals surface area contributed by atoms with Crippen LogP contribution in [0.5, 0.6) is 0 Å². The maximum atomic E-state index is 12.6. The lowest BCUT2D eigenvalue weighted by molar-refractivity contribution is -0.468. The number of hydrogen-bond acceptors (Lipinski definition) is 7. The molecule has 1 aromatic rings. The lowest BCUT2D eigenvalue weighted by Crippen LogP contribution is -2.41. The lowest BCUT2D eigenvalue weighted by atomic mass is 10.0. The minimum absolute atomic E-state index is 0.0540. The van der Waals surface area contributed by atoms with Crippen molar-refractivity contribution < 1.29 is 28.8 Å². The third-order valence-corrected chi connectivity index (χ3v) is 5.34. The van der Waals surface area contributed by atoms with Crippen LogP contribution in [0.15, 0.2) is 24.3 Å². The number of unbranched alkanes of at least 4 members (excludes halogenated alkanes) is 2. The van der Waals surface area contributed by atoms with Crippen LogP contribution in [0.2, 0.25) is 0 Å². The Morgan fingerprint density at radius 1 is 1.11 bits per heavy atom. The van der Waals surface area contributed by atoms with Crippen molar-refractivity contribution in [2.75, 3.05) is 19.6 Å². The van der Waals surface area contributed by atoms with Gasteiger partial charge in [0.25, 0.3) is 12.5 Å². The molecular weight excluding hydrogens is 480 g/mol. The largest absolute Gasteiger partial charge is 0.444 e. The van der Waals surface area contributed by atoms with Gasteiger partial charge < -0.3 is 15.4 Å². The van der Waals surface area contributed by atoms with Crippen molar-refractivity contribution in [3.8, 4) is 0 Å². The van der Waals surface area contributed by atoms with Crippen molar-refractivity contribution in [2.45, 2.75) is 78.9 Å². The molecule has 11 nitrogen and oxygen atoms in total. The van der Waals surface area contributed by atoms with Gasteiger partial charge in [-0.1, -0.05) is 38.8 Å². The van der Waals surface area contributed by atoms with Crippen molar-refractivity contribution in [1.82, 2.24) is 15.5 Å². The number of hydrogen-bond donors (Lipinski definition) is 2. The van der Waals surface area contributed by atoms with E-state index in [2.05, 4.69) is 10.6 Å². The number of imide groups is 1. The summed E-state index contributed by atoms with van der Waals surface area (Å²) in [5, 5.41) is 16.2. The Morgan fingerprint density at radius 3 is 2.43 bits per heavy atom. The molecule has 0 radical (unpaired) electrons. The first-order valence-electron chi connectivity index (χ1n) is 12.6. The van der Waals surface area contributed by atoms with Crippen molar-refractivity contribution >= 4 is 23.8 Å². The quantitative estimate of drug-likeness (QED) is 0.216. The second kappa shape index (κ2) is 15.6. The number of alkyl carbamates (subject to hydrolysis) is 1. The molecule has 1 unspecified atom stereocenters. The molecule has 0 heterocycles. The van der Waals surface area contributed by atoms with Crippen molar-refractivity contribution in [3.63, 3.8) is 0 Å². The molecule has 0 bridgehead atoms. The van der Waals surface area contributed by atoms with Crippen LogP contribution in [0.1, 0.15) is 82.6 Å². The zero-order chi connectivity index (χ0) is 28.0. The first-order chi connectivity index (χ1) is 17.3. The van der Waals surface area contributed by atoms with E-state index >= 15 is 0 Å². The fourth-order valence-electron chi connectivity index (χ4n) is 3.39. The van der Waals surface area contributed by atoms with E-state index in [9.17, 15) is 29.3 Å². The van der Waals surface area contributed by atoms with Gasteiger partial charge in [-0.05, 0) is 57.2 Å². The van der Waals surface area contributed by atoms with Crippen LogP contribution < -0.4 is 10.6 Å². The fourth-order valence-corrected chi connectivity index (χ4v) is 3.39. The number of rotatable bonds is 14. The number of nitrogens with zero attached hydrogens (tertiary/aromatic N) is 2. The summed E-state index contributed by atoms with van der Waals surface area (Å²) < 4.78 is 5.21. The molecular formula is C26H40N4O7. The van der Waals surface area contributed by atoms with E-state index in [1.54, 1.807) is 45.0 Å². The first kappa shape index (κ1) is 31.5. The van der Waals surface area contributed by atoms with Gasteiger partial charge in [-0.25, -0.2) is 4.79 Å². The Kier molecular flexibility index (Phi) is 13.3. The summed E-state index contributed by atoms with van der Waals surface area (Å²) in [4.78, 5) is 60.2. The zero-order valence-electron chi connectivity index (χ0n) is 22.5. The van der Waals surface area contributed by atoms with Crippen molar-refractivity contribution in [3.05, 3.63) is 45.5 Å². The highest BCUT2D eigenvalue weighted by atomic mass is 16.6. The fraction of sp³-hybridized carbons (Fsp3) is 0.615. The molecule has 1 atom stereocenters. The van der Waals surface area contributed by atoms with E-state index < -0.39 is 35.0 Å². The number of nitrogens with one attached hydrogen (secondary N) is 2. The third-order valence-electron chi connectivity index (χ3n) is 5.34. The van der Waals surface area contributed by atoms with E-state index in [1.165, 1.54) is 0 Å². The highest BCUT2D eigenvalue weighted by Gasteiger charge is 2.25. The molecule has 0 aliphatic rings. The number of nitro groups is 1. The molecule has 0 aliphatic heterocycles. The minimum Gasteiger partial charge on any atom is -0.444 e. The SMILES string of the molecule is CCCCCN(C(=O)CCC(C)CNC(=O)c1cccc(CNC(=O)OC(C)(C)C)c1)C(=O)C[N+](=O)[O-]. The standard InChI is InChI=1S/C26H40N4O7/c1-6-7-8-14-29(23(32)18-30(35)36)22(31)13-12-19(2)16-27-24(33)21-11-9-10-20(15-21)17-28-25(34)37-26(3,4)5/h9-11,15,19H,6-8,12-14,16-18H2,1-5H3,(H,27,33)(H,28,34). The summed E-state index contributed by atoms with van der Waals surface area (Å²) in [5.41, 5.74) is 0.560. The van der Waals surface area contributed by atoms with E-state index in [4.69, 9.17) is 4.74 Å². The van der Waals surface area contributed by atoms with Gasteiger partial charge in [0.15, 0.2) is 0 Å². The van der Waals surface area contributed by atoms with Gasteiger partial charge in [-0.15, -0.1) is 0 Å². The summed E-state index contributed by atoms with van der Waals surface area (Å²) in [6, 6.07) is 6.85. The Labute approximate surface area is 218 Å². The molecule has 206 valence electrons. The summed E-state index contributed by atoms with van der Waals surface area (Å²) in [7, 11) is 0. The Hall–Kier alpha value is -3.50. The van der Waals surface area contributed by atoms with Gasteiger partial charge in [0.1, 0.15) is 5.60 Å². The van der Waals surface area contributed by atoms with Gasteiger partial charge >= 0.3 is 12.0 Å². The van der Waals surface area contributed by atoms with Crippen LogP contribution in [-0.2, 0) is 20.9 Å². The van der Waals surface area contributed by atoms with Gasteiger partial charge in [0.2, 0.25) is 5.91 Å². The molecule has 2 N–H and O–H groups in total. The number of carbonyl (C=O) groups excluding carboxylic acids is 4. The first-order valence-corrected chi connectivity index (χ1v) is 12.6. The summed E-state index contributed by atoms with van der Waals surface area (Å²) >= 11 is 0. The second-order valence-corrected chi connectivity index (χ2v) is 10.0. The van der Waals surface area contributed by atoms with Crippen LogP contribution >= 0.6 is 0 Å². The van der Waals surface area contributed by atoms with E-state index in [0.717, 1.165) is 23.3 Å². The summed E-state index contributed by atoms with van der Waals surface area (Å²) in [5.74, 6) is -1.59. The molecule has 1 aromatic carbocycles. The Bertz CT molecular complexity index is 943. The molecule has 0 aromatic heterocycles. The van der Waals surface area contributed by atoms with Crippen molar-refractivity contribution in [2.24, 2.45) is 5.92 Å². The third kappa shape index (κ3) is 13.4. The predicted octanol–water partition coefficient (Wildman–Crippen LogP) is 3.68. The summed E-state index contributed by atoms with van der Waals surface area (Å²) in [6.07, 6.45) is 2.23. The average Bonchev–Trinajstić information content (AvgIpc) is 2.81. The molecule has 4 amide bonds. The Morgan fingerprint density at radius 2 is 1.81 bits per heavy atom. The zero-order valence-corrected chi connectivity index (χ0v) is 22.5. The maximum Gasteiger partial charge on any atom is 0.407 e. The van der Waals surface area contributed by atoms with E-state index in [0.29, 0.717) is 24.9 Å². The molecule has 1 rings (SSSR count). The van der Waals surface area contributed by atoms with Crippen LogP contribution in [0.3, 0.4) is 0 Å². The summed E-state index contributed by atoms with van der Waals surface area (Å²) in [6.45, 7) is 8.95. The second-order valence-electron chi connectivity index (χ2n) is 10.0. The molecule has 37 heavy (non-hydrogen) atoms. The smallest absolute Gasteiger partial charge is 0.407 e. The minimum atomic E-state index is -0.907. The number of benzene rings is 1. The Balaban J connectivity index is 2.56.